The molecule has 0 fully saturated rings. The van der Waals surface area contributed by atoms with Gasteiger partial charge in [0.25, 0.3) is 5.91 Å². The molecule has 0 bridgehead atoms. The Labute approximate surface area is 145 Å². The summed E-state index contributed by atoms with van der Waals surface area (Å²) in [6, 6.07) is 13.0. The Morgan fingerprint density at radius 1 is 1.00 bits per heavy atom. The summed E-state index contributed by atoms with van der Waals surface area (Å²) in [5.74, 6) is -0.697. The van der Waals surface area contributed by atoms with Crippen LogP contribution in [0.4, 0.5) is 5.69 Å². The summed E-state index contributed by atoms with van der Waals surface area (Å²) in [7, 11) is 1.50. The van der Waals surface area contributed by atoms with Crippen molar-refractivity contribution in [2.24, 2.45) is 0 Å². The lowest BCUT2D eigenvalue weighted by Gasteiger charge is -2.14. The Bertz CT molecular complexity index is 800. The van der Waals surface area contributed by atoms with Gasteiger partial charge in [-0.2, -0.15) is 0 Å². The van der Waals surface area contributed by atoms with Crippen LogP contribution in [0.5, 0.6) is 5.75 Å². The second-order valence-electron chi connectivity index (χ2n) is 5.41. The van der Waals surface area contributed by atoms with Gasteiger partial charge in [0.2, 0.25) is 0 Å². The van der Waals surface area contributed by atoms with Crippen LogP contribution in [0, 0.1) is 0 Å². The van der Waals surface area contributed by atoms with Crippen molar-refractivity contribution in [1.29, 1.82) is 0 Å². The summed E-state index contributed by atoms with van der Waals surface area (Å²) in [6.07, 6.45) is -1.00. The zero-order valence-corrected chi connectivity index (χ0v) is 14.2. The van der Waals surface area contributed by atoms with Crippen molar-refractivity contribution >= 4 is 23.3 Å². The maximum Gasteiger partial charge on any atom is 0.339 e. The van der Waals surface area contributed by atoms with E-state index in [0.717, 1.165) is 0 Å². The fourth-order valence-corrected chi connectivity index (χ4v) is 2.09. The average Bonchev–Trinajstić information content (AvgIpc) is 2.61. The zero-order valence-electron chi connectivity index (χ0n) is 14.2. The summed E-state index contributed by atoms with van der Waals surface area (Å²) in [5, 5.41) is 2.62. The standard InChI is InChI=1S/C19H19NO5/c1-12(21)14-6-4-8-16(10-14)20-18(22)13(2)25-19(23)15-7-5-9-17(11-15)24-3/h4-11,13H,1-3H3,(H,20,22). The van der Waals surface area contributed by atoms with Gasteiger partial charge in [-0.25, -0.2) is 4.79 Å². The molecule has 1 atom stereocenters. The van der Waals surface area contributed by atoms with Crippen molar-refractivity contribution in [3.05, 3.63) is 59.7 Å². The van der Waals surface area contributed by atoms with Gasteiger partial charge in [0.05, 0.1) is 12.7 Å². The Hall–Kier alpha value is -3.15. The highest BCUT2D eigenvalue weighted by molar-refractivity contribution is 5.99. The van der Waals surface area contributed by atoms with E-state index in [-0.39, 0.29) is 11.3 Å². The molecule has 0 saturated carbocycles. The van der Waals surface area contributed by atoms with Crippen LogP contribution in [0.3, 0.4) is 0 Å². The van der Waals surface area contributed by atoms with Gasteiger partial charge < -0.3 is 14.8 Å². The number of amides is 1. The van der Waals surface area contributed by atoms with Crippen LogP contribution in [0.2, 0.25) is 0 Å². The largest absolute Gasteiger partial charge is 0.497 e. The topological polar surface area (TPSA) is 81.7 Å². The first-order chi connectivity index (χ1) is 11.9. The highest BCUT2D eigenvalue weighted by Gasteiger charge is 2.19. The zero-order chi connectivity index (χ0) is 18.4. The molecule has 1 N–H and O–H groups in total. The normalized spacial score (nSPS) is 11.3. The lowest BCUT2D eigenvalue weighted by atomic mass is 10.1. The summed E-state index contributed by atoms with van der Waals surface area (Å²) in [4.78, 5) is 35.7. The second-order valence-corrected chi connectivity index (χ2v) is 5.41. The fraction of sp³-hybridized carbons (Fsp3) is 0.211. The van der Waals surface area contributed by atoms with Crippen LogP contribution in [0.1, 0.15) is 34.6 Å². The third-order valence-electron chi connectivity index (χ3n) is 3.50. The molecule has 2 aromatic carbocycles. The van der Waals surface area contributed by atoms with Gasteiger partial charge in [-0.3, -0.25) is 9.59 Å². The predicted octanol–water partition coefficient (Wildman–Crippen LogP) is 3.08. The number of ketones is 1. The Morgan fingerprint density at radius 2 is 1.68 bits per heavy atom. The van der Waals surface area contributed by atoms with Gasteiger partial charge in [0.1, 0.15) is 5.75 Å². The minimum atomic E-state index is -1.00. The molecule has 2 rings (SSSR count). The maximum atomic E-state index is 12.2. The second kappa shape index (κ2) is 8.10. The van der Waals surface area contributed by atoms with Crippen molar-refractivity contribution in [2.45, 2.75) is 20.0 Å². The summed E-state index contributed by atoms with van der Waals surface area (Å²) < 4.78 is 10.2. The van der Waals surface area contributed by atoms with Gasteiger partial charge in [-0.15, -0.1) is 0 Å². The number of nitrogens with one attached hydrogen (secondary N) is 1. The lowest BCUT2D eigenvalue weighted by Crippen LogP contribution is -2.30. The third-order valence-corrected chi connectivity index (χ3v) is 3.50. The molecule has 6 heteroatoms. The number of carbonyl (C=O) groups is 3. The molecule has 6 nitrogen and oxygen atoms in total. The van der Waals surface area contributed by atoms with Crippen LogP contribution < -0.4 is 10.1 Å². The monoisotopic (exact) mass is 341 g/mol. The van der Waals surface area contributed by atoms with Crippen molar-refractivity contribution in [2.75, 3.05) is 12.4 Å². The molecule has 0 aliphatic carbocycles. The highest BCUT2D eigenvalue weighted by atomic mass is 16.5. The van der Waals surface area contributed by atoms with Crippen LogP contribution in [-0.2, 0) is 9.53 Å². The molecule has 0 spiro atoms. The van der Waals surface area contributed by atoms with Gasteiger partial charge in [0, 0.05) is 11.3 Å². The van der Waals surface area contributed by atoms with Gasteiger partial charge >= 0.3 is 5.97 Å². The number of esters is 1. The molecule has 0 aliphatic rings. The van der Waals surface area contributed by atoms with E-state index in [2.05, 4.69) is 5.32 Å². The molecule has 0 aromatic heterocycles. The van der Waals surface area contributed by atoms with Gasteiger partial charge in [-0.05, 0) is 44.2 Å². The minimum absolute atomic E-state index is 0.103. The number of Topliss-reactive ketones (excluding diaryl/α,β-unsaturated/α-hetero) is 1. The Morgan fingerprint density at radius 3 is 2.36 bits per heavy atom. The number of benzene rings is 2. The minimum Gasteiger partial charge on any atom is -0.497 e. The van der Waals surface area contributed by atoms with Crippen molar-refractivity contribution in [3.8, 4) is 5.75 Å². The Balaban J connectivity index is 2.01. The molecule has 1 amide bonds. The number of hydrogen-bond donors (Lipinski definition) is 1. The first kappa shape index (κ1) is 18.2. The molecule has 0 radical (unpaired) electrons. The Kier molecular flexibility index (Phi) is 5.89. The van der Waals surface area contributed by atoms with Crippen LogP contribution in [0.15, 0.2) is 48.5 Å². The fourth-order valence-electron chi connectivity index (χ4n) is 2.09. The first-order valence-electron chi connectivity index (χ1n) is 7.67. The van der Waals surface area contributed by atoms with Crippen LogP contribution in [-0.4, -0.2) is 30.9 Å². The quantitative estimate of drug-likeness (QED) is 0.645. The SMILES string of the molecule is COc1cccc(C(=O)OC(C)C(=O)Nc2cccc(C(C)=O)c2)c1. The van der Waals surface area contributed by atoms with E-state index in [1.807, 2.05) is 0 Å². The molecule has 0 aliphatic heterocycles. The van der Waals surface area contributed by atoms with E-state index in [1.165, 1.54) is 27.0 Å². The van der Waals surface area contributed by atoms with E-state index >= 15 is 0 Å². The first-order valence-corrected chi connectivity index (χ1v) is 7.67. The average molecular weight is 341 g/mol. The molecule has 130 valence electrons. The van der Waals surface area contributed by atoms with Crippen LogP contribution in [0.25, 0.3) is 0 Å². The van der Waals surface area contributed by atoms with Gasteiger partial charge in [0.15, 0.2) is 11.9 Å². The van der Waals surface area contributed by atoms with Crippen molar-refractivity contribution in [1.82, 2.24) is 0 Å². The molecule has 0 saturated heterocycles. The molecule has 2 aromatic rings. The number of carbonyl (C=O) groups excluding carboxylic acids is 3. The summed E-state index contributed by atoms with van der Waals surface area (Å²) in [5.41, 5.74) is 1.23. The number of rotatable bonds is 6. The number of ether oxygens (including phenoxy) is 2. The van der Waals surface area contributed by atoms with Crippen LogP contribution >= 0.6 is 0 Å². The summed E-state index contributed by atoms with van der Waals surface area (Å²) >= 11 is 0. The van der Waals surface area contributed by atoms with Crippen molar-refractivity contribution < 1.29 is 23.9 Å². The maximum absolute atomic E-state index is 12.2. The molecule has 25 heavy (non-hydrogen) atoms. The predicted molar refractivity (Wildman–Crippen MR) is 92.9 cm³/mol. The van der Waals surface area contributed by atoms with E-state index in [4.69, 9.17) is 9.47 Å². The molecular weight excluding hydrogens is 322 g/mol. The molecule has 1 unspecified atom stereocenters. The smallest absolute Gasteiger partial charge is 0.339 e. The lowest BCUT2D eigenvalue weighted by molar-refractivity contribution is -0.123. The van der Waals surface area contributed by atoms with E-state index in [9.17, 15) is 14.4 Å². The number of methoxy groups -OCH3 is 1. The van der Waals surface area contributed by atoms with E-state index in [1.54, 1.807) is 42.5 Å². The van der Waals surface area contributed by atoms with Crippen molar-refractivity contribution in [3.63, 3.8) is 0 Å². The highest BCUT2D eigenvalue weighted by Crippen LogP contribution is 2.15. The van der Waals surface area contributed by atoms with E-state index < -0.39 is 18.0 Å². The third kappa shape index (κ3) is 4.91. The van der Waals surface area contributed by atoms with Gasteiger partial charge in [-0.1, -0.05) is 18.2 Å². The number of hydrogen-bond acceptors (Lipinski definition) is 5. The molecule has 0 heterocycles. The van der Waals surface area contributed by atoms with E-state index in [0.29, 0.717) is 17.0 Å². The number of anilines is 1. The molecular formula is C19H19NO5. The summed E-state index contributed by atoms with van der Waals surface area (Å²) in [6.45, 7) is 2.92.